The average molecular weight is 316 g/mol. The molecule has 1 amide bonds. The van der Waals surface area contributed by atoms with Crippen molar-refractivity contribution in [2.24, 2.45) is 0 Å². The van der Waals surface area contributed by atoms with Crippen LogP contribution in [0, 0.1) is 13.8 Å². The summed E-state index contributed by atoms with van der Waals surface area (Å²) >= 11 is 0. The molecule has 3 rings (SSSR count). The van der Waals surface area contributed by atoms with Gasteiger partial charge in [-0.05, 0) is 26.3 Å². The maximum atomic E-state index is 12.4. The number of nitrogens with zero attached hydrogens (tertiary/aromatic N) is 4. The van der Waals surface area contributed by atoms with E-state index >= 15 is 0 Å². The van der Waals surface area contributed by atoms with E-state index in [0.29, 0.717) is 31.8 Å². The Kier molecular flexibility index (Phi) is 4.55. The minimum Gasteiger partial charge on any atom is -0.471 e. The molecule has 7 nitrogen and oxygen atoms in total. The van der Waals surface area contributed by atoms with Gasteiger partial charge in [0.05, 0.1) is 12.2 Å². The van der Waals surface area contributed by atoms with Crippen LogP contribution in [-0.4, -0.2) is 45.4 Å². The molecule has 1 saturated heterocycles. The Morgan fingerprint density at radius 1 is 1.48 bits per heavy atom. The number of carbonyl (C=O) groups excluding carboxylic acids is 1. The Labute approximate surface area is 134 Å². The third-order valence-corrected chi connectivity index (χ3v) is 4.10. The lowest BCUT2D eigenvalue weighted by Crippen LogP contribution is -2.31. The van der Waals surface area contributed by atoms with Gasteiger partial charge in [0, 0.05) is 37.2 Å². The Bertz CT molecular complexity index is 652. The lowest BCUT2D eigenvalue weighted by Gasteiger charge is -2.16. The lowest BCUT2D eigenvalue weighted by atomic mass is 10.1. The van der Waals surface area contributed by atoms with Crippen molar-refractivity contribution >= 4 is 5.91 Å². The first kappa shape index (κ1) is 15.5. The molecule has 2 aromatic heterocycles. The van der Waals surface area contributed by atoms with Crippen LogP contribution in [0.1, 0.15) is 29.9 Å². The number of aromatic nitrogens is 3. The topological polar surface area (TPSA) is 81.4 Å². The zero-order chi connectivity index (χ0) is 16.2. The lowest BCUT2D eigenvalue weighted by molar-refractivity contribution is -0.130. The summed E-state index contributed by atoms with van der Waals surface area (Å²) in [5.41, 5.74) is 1.89. The molecule has 23 heavy (non-hydrogen) atoms. The summed E-state index contributed by atoms with van der Waals surface area (Å²) in [6.45, 7) is 5.08. The van der Waals surface area contributed by atoms with E-state index in [4.69, 9.17) is 9.26 Å². The largest absolute Gasteiger partial charge is 0.471 e. The van der Waals surface area contributed by atoms with E-state index < -0.39 is 0 Å². The van der Waals surface area contributed by atoms with Crippen molar-refractivity contribution in [2.75, 3.05) is 13.1 Å². The number of likely N-dealkylation sites (tertiary alicyclic amines) is 1. The molecule has 7 heteroatoms. The number of rotatable bonds is 5. The predicted molar refractivity (Wildman–Crippen MR) is 81.9 cm³/mol. The summed E-state index contributed by atoms with van der Waals surface area (Å²) in [4.78, 5) is 14.2. The maximum Gasteiger partial charge on any atom is 0.233 e. The first-order valence-corrected chi connectivity index (χ1v) is 7.77. The molecule has 0 unspecified atom stereocenters. The second kappa shape index (κ2) is 6.76. The van der Waals surface area contributed by atoms with Crippen LogP contribution in [0.3, 0.4) is 0 Å². The molecule has 0 saturated carbocycles. The fourth-order valence-corrected chi connectivity index (χ4v) is 2.82. The van der Waals surface area contributed by atoms with Crippen molar-refractivity contribution < 1.29 is 14.1 Å². The van der Waals surface area contributed by atoms with Crippen LogP contribution in [0.4, 0.5) is 0 Å². The standard InChI is InChI=1S/C16H20N4O3/c1-11-14(12(2)23-19-11)5-6-16(21)20-9-7-13(10-20)22-15-4-3-8-17-18-15/h3-4,8,13H,5-7,9-10H2,1-2H3/t13-/m1/s1. The monoisotopic (exact) mass is 316 g/mol. The van der Waals surface area contributed by atoms with Crippen LogP contribution in [0.15, 0.2) is 22.9 Å². The number of hydrogen-bond donors (Lipinski definition) is 0. The molecule has 1 aliphatic heterocycles. The van der Waals surface area contributed by atoms with Crippen molar-refractivity contribution in [2.45, 2.75) is 39.2 Å². The molecule has 0 spiro atoms. The van der Waals surface area contributed by atoms with Crippen molar-refractivity contribution in [1.82, 2.24) is 20.3 Å². The van der Waals surface area contributed by atoms with Gasteiger partial charge in [0.25, 0.3) is 0 Å². The second-order valence-electron chi connectivity index (χ2n) is 5.73. The van der Waals surface area contributed by atoms with E-state index in [1.165, 1.54) is 0 Å². The Morgan fingerprint density at radius 3 is 3.04 bits per heavy atom. The Hall–Kier alpha value is -2.44. The smallest absolute Gasteiger partial charge is 0.233 e. The van der Waals surface area contributed by atoms with Crippen LogP contribution in [0.25, 0.3) is 0 Å². The van der Waals surface area contributed by atoms with E-state index in [0.717, 1.165) is 23.4 Å². The van der Waals surface area contributed by atoms with Crippen LogP contribution in [0.2, 0.25) is 0 Å². The average Bonchev–Trinajstić information content (AvgIpc) is 3.14. The number of amides is 1. The summed E-state index contributed by atoms with van der Waals surface area (Å²) in [5, 5.41) is 11.6. The van der Waals surface area contributed by atoms with E-state index in [1.54, 1.807) is 18.3 Å². The number of ether oxygens (including phenoxy) is 1. The van der Waals surface area contributed by atoms with Crippen LogP contribution in [0.5, 0.6) is 5.88 Å². The number of hydrogen-bond acceptors (Lipinski definition) is 6. The molecule has 3 heterocycles. The van der Waals surface area contributed by atoms with Crippen molar-refractivity contribution in [3.05, 3.63) is 35.3 Å². The van der Waals surface area contributed by atoms with Gasteiger partial charge in [-0.1, -0.05) is 5.16 Å². The van der Waals surface area contributed by atoms with Gasteiger partial charge in [0.1, 0.15) is 11.9 Å². The molecule has 1 fully saturated rings. The van der Waals surface area contributed by atoms with Gasteiger partial charge in [0.15, 0.2) is 0 Å². The molecule has 0 aliphatic carbocycles. The van der Waals surface area contributed by atoms with Crippen LogP contribution in [-0.2, 0) is 11.2 Å². The minimum atomic E-state index is -0.0188. The van der Waals surface area contributed by atoms with Crippen LogP contribution < -0.4 is 4.74 Å². The van der Waals surface area contributed by atoms with Gasteiger partial charge in [-0.15, -0.1) is 5.10 Å². The molecule has 122 valence electrons. The predicted octanol–water partition coefficient (Wildman–Crippen LogP) is 1.69. The van der Waals surface area contributed by atoms with E-state index in [2.05, 4.69) is 15.4 Å². The highest BCUT2D eigenvalue weighted by Gasteiger charge is 2.28. The van der Waals surface area contributed by atoms with E-state index in [-0.39, 0.29) is 12.0 Å². The summed E-state index contributed by atoms with van der Waals surface area (Å²) in [6, 6.07) is 3.55. The Balaban J connectivity index is 1.49. The molecule has 2 aromatic rings. The highest BCUT2D eigenvalue weighted by Crippen LogP contribution is 2.19. The summed E-state index contributed by atoms with van der Waals surface area (Å²) in [5.74, 6) is 1.43. The van der Waals surface area contributed by atoms with Gasteiger partial charge in [-0.3, -0.25) is 4.79 Å². The molecule has 0 aromatic carbocycles. The summed E-state index contributed by atoms with van der Waals surface area (Å²) in [6.07, 6.45) is 3.52. The highest BCUT2D eigenvalue weighted by molar-refractivity contribution is 5.76. The number of aryl methyl sites for hydroxylation is 2. The quantitative estimate of drug-likeness (QED) is 0.835. The molecular formula is C16H20N4O3. The zero-order valence-electron chi connectivity index (χ0n) is 13.4. The zero-order valence-corrected chi connectivity index (χ0v) is 13.4. The van der Waals surface area contributed by atoms with Crippen LogP contribution >= 0.6 is 0 Å². The van der Waals surface area contributed by atoms with Gasteiger partial charge >= 0.3 is 0 Å². The van der Waals surface area contributed by atoms with Gasteiger partial charge in [-0.2, -0.15) is 5.10 Å². The molecule has 1 atom stereocenters. The number of carbonyl (C=O) groups is 1. The summed E-state index contributed by atoms with van der Waals surface area (Å²) in [7, 11) is 0. The van der Waals surface area contributed by atoms with Crippen molar-refractivity contribution in [1.29, 1.82) is 0 Å². The second-order valence-corrected chi connectivity index (χ2v) is 5.73. The van der Waals surface area contributed by atoms with Gasteiger partial charge < -0.3 is 14.2 Å². The SMILES string of the molecule is Cc1noc(C)c1CCC(=O)N1CC[C@@H](Oc2cccnn2)C1. The van der Waals surface area contributed by atoms with Crippen molar-refractivity contribution in [3.63, 3.8) is 0 Å². The highest BCUT2D eigenvalue weighted by atomic mass is 16.5. The van der Waals surface area contributed by atoms with Gasteiger partial charge in [0.2, 0.25) is 11.8 Å². The van der Waals surface area contributed by atoms with Crippen molar-refractivity contribution in [3.8, 4) is 5.88 Å². The molecule has 0 N–H and O–H groups in total. The first-order valence-electron chi connectivity index (χ1n) is 7.77. The summed E-state index contributed by atoms with van der Waals surface area (Å²) < 4.78 is 10.9. The third-order valence-electron chi connectivity index (χ3n) is 4.10. The molecule has 1 aliphatic rings. The normalized spacial score (nSPS) is 17.5. The van der Waals surface area contributed by atoms with Gasteiger partial charge in [-0.25, -0.2) is 0 Å². The minimum absolute atomic E-state index is 0.0188. The molecule has 0 bridgehead atoms. The third kappa shape index (κ3) is 3.67. The fraction of sp³-hybridized carbons (Fsp3) is 0.500. The first-order chi connectivity index (χ1) is 11.1. The fourth-order valence-electron chi connectivity index (χ4n) is 2.82. The van der Waals surface area contributed by atoms with E-state index in [9.17, 15) is 4.79 Å². The molecular weight excluding hydrogens is 296 g/mol. The van der Waals surface area contributed by atoms with E-state index in [1.807, 2.05) is 18.7 Å². The molecule has 0 radical (unpaired) electrons. The maximum absolute atomic E-state index is 12.4. The Morgan fingerprint density at radius 2 is 2.35 bits per heavy atom.